The van der Waals surface area contributed by atoms with Crippen molar-refractivity contribution in [3.05, 3.63) is 105 Å². The number of benzene rings is 4. The first-order chi connectivity index (χ1) is 37.8. The molecule has 5 heterocycles. The van der Waals surface area contributed by atoms with Crippen LogP contribution in [0.25, 0.3) is 22.0 Å². The molecule has 0 unspecified atom stereocenters. The van der Waals surface area contributed by atoms with Gasteiger partial charge in [0, 0.05) is 91.4 Å². The van der Waals surface area contributed by atoms with E-state index in [2.05, 4.69) is 41.4 Å². The van der Waals surface area contributed by atoms with Gasteiger partial charge < -0.3 is 30.5 Å². The zero-order valence-corrected chi connectivity index (χ0v) is 46.0. The molecule has 5 N–H and O–H groups in total. The maximum absolute atomic E-state index is 16.5. The van der Waals surface area contributed by atoms with Crippen LogP contribution >= 0.6 is 11.6 Å². The Kier molecular flexibility index (Phi) is 15.8. The van der Waals surface area contributed by atoms with Crippen LogP contribution in [0.5, 0.6) is 11.5 Å². The Hall–Kier alpha value is -6.28. The molecule has 1 aromatic heterocycles. The van der Waals surface area contributed by atoms with Gasteiger partial charge in [0.05, 0.1) is 22.6 Å². The minimum absolute atomic E-state index is 0.0203. The summed E-state index contributed by atoms with van der Waals surface area (Å²) >= 11 is 6.74. The summed E-state index contributed by atoms with van der Waals surface area (Å²) in [6, 6.07) is 13.8. The normalized spacial score (nSPS) is 23.2. The number of nitrogens with zero attached hydrogens (tertiary/aromatic N) is 5. The van der Waals surface area contributed by atoms with Gasteiger partial charge in [0.25, 0.3) is 0 Å². The number of primary amides is 1. The molecule has 0 radical (unpaired) electrons. The molecule has 4 aliphatic heterocycles. The number of urea groups is 1. The lowest BCUT2D eigenvalue weighted by Crippen LogP contribution is -2.59. The number of hydrogen-bond acceptors (Lipinski definition) is 10. The molecule has 5 aliphatic rings. The quantitative estimate of drug-likeness (QED) is 0.0737. The molecule has 1 saturated carbocycles. The topological polar surface area (TPSA) is 185 Å². The highest BCUT2D eigenvalue weighted by molar-refractivity contribution is 6.34. The zero-order chi connectivity index (χ0) is 56.2. The van der Waals surface area contributed by atoms with E-state index >= 15 is 17.6 Å². The van der Waals surface area contributed by atoms with Gasteiger partial charge in [-0.3, -0.25) is 34.2 Å². The Labute approximate surface area is 462 Å². The highest BCUT2D eigenvalue weighted by Gasteiger charge is 2.51. The number of imide groups is 1. The van der Waals surface area contributed by atoms with Crippen LogP contribution in [0.1, 0.15) is 124 Å². The molecule has 15 nitrogen and oxygen atoms in total. The molecule has 5 aromatic rings. The van der Waals surface area contributed by atoms with Crippen LogP contribution < -0.4 is 30.7 Å². The van der Waals surface area contributed by atoms with E-state index in [0.29, 0.717) is 63.3 Å². The number of carbonyl (C=O) groups is 4. The molecule has 0 spiro atoms. The Bertz CT molecular complexity index is 3180. The molecule has 3 saturated heterocycles. The van der Waals surface area contributed by atoms with Crippen LogP contribution in [0.2, 0.25) is 5.02 Å². The SMILES string of the molecule is CC(C)[C@](C)(C1CCN(C(=O)C2CCC(NC[C@]3(c4ccccc4)Oc4cc(F)c(Cl)c(-c5c(C(N)=O)ccc(OCCO)c5F)c4[C@@H]3C)CC2)CC1)N1CCC(c2c(F)cc3c(N4CCC(=O)NC4=O)nn(C)c3c2F)CC1. The molecule has 3 atom stereocenters. The van der Waals surface area contributed by atoms with Gasteiger partial charge in [0.1, 0.15) is 29.5 Å². The fourth-order valence-electron chi connectivity index (χ4n) is 13.7. The van der Waals surface area contributed by atoms with Gasteiger partial charge in [-0.1, -0.05) is 62.7 Å². The molecule has 422 valence electrons. The number of aliphatic hydroxyl groups is 1. The number of aliphatic hydroxyl groups excluding tert-OH is 1. The molecule has 0 bridgehead atoms. The highest BCUT2D eigenvalue weighted by atomic mass is 35.5. The lowest BCUT2D eigenvalue weighted by atomic mass is 9.70. The lowest BCUT2D eigenvalue weighted by Gasteiger charge is -2.54. The molecule has 4 aromatic carbocycles. The molecule has 5 amide bonds. The van der Waals surface area contributed by atoms with Crippen molar-refractivity contribution in [3.63, 3.8) is 0 Å². The van der Waals surface area contributed by atoms with Crippen LogP contribution in [0, 0.1) is 41.0 Å². The second-order valence-electron chi connectivity index (χ2n) is 22.6. The summed E-state index contributed by atoms with van der Waals surface area (Å²) < 4.78 is 78.7. The Balaban J connectivity index is 0.774. The number of aryl methyl sites for hydroxylation is 1. The largest absolute Gasteiger partial charge is 0.488 e. The van der Waals surface area contributed by atoms with Crippen LogP contribution in [0.3, 0.4) is 0 Å². The zero-order valence-electron chi connectivity index (χ0n) is 45.3. The maximum Gasteiger partial charge on any atom is 0.329 e. The number of aromatic nitrogens is 2. The lowest BCUT2D eigenvalue weighted by molar-refractivity contribution is -0.139. The number of piperidine rings is 2. The fraction of sp³-hybridized carbons (Fsp3) is 0.508. The predicted octanol–water partition coefficient (Wildman–Crippen LogP) is 9.44. The van der Waals surface area contributed by atoms with Crippen molar-refractivity contribution in [1.82, 2.24) is 30.2 Å². The third kappa shape index (κ3) is 10.00. The Morgan fingerprint density at radius 1 is 0.924 bits per heavy atom. The molecule has 10 rings (SSSR count). The standard InChI is InChI=1S/C59H69ClF4N8O7/c1-32(2)58(4,71-24-17-34(18-25-71)47-41(61)29-40-53(52(47)64)69(5)68-55(40)72-26-21-45(74)67-57(72)77)36-19-22-70(23-20-36)56(76)35-11-13-38(14-12-35)66-31-59(37-9-7-6-8-10-37)33(3)46-44(79-59)30-42(62)50(60)49(46)48-39(54(65)75)15-16-43(51(48)63)78-28-27-73/h6-10,15-16,29-30,32-36,38,66,73H,11-14,17-28,31H2,1-5H3,(H2,65,75)(H,67,74,77)/t33-,35?,38?,58+,59-/m0/s1. The van der Waals surface area contributed by atoms with Gasteiger partial charge in [-0.05, 0) is 113 Å². The summed E-state index contributed by atoms with van der Waals surface area (Å²) in [6.45, 7) is 11.0. The van der Waals surface area contributed by atoms with Crippen molar-refractivity contribution < 1.29 is 51.3 Å². The Morgan fingerprint density at radius 2 is 1.62 bits per heavy atom. The number of ether oxygens (including phenoxy) is 2. The summed E-state index contributed by atoms with van der Waals surface area (Å²) in [6.07, 6.45) is 5.66. The van der Waals surface area contributed by atoms with Gasteiger partial charge in [0.2, 0.25) is 17.7 Å². The van der Waals surface area contributed by atoms with Crippen molar-refractivity contribution in [2.75, 3.05) is 57.4 Å². The summed E-state index contributed by atoms with van der Waals surface area (Å²) in [7, 11) is 1.57. The highest BCUT2D eigenvalue weighted by Crippen LogP contribution is 2.57. The number of anilines is 1. The van der Waals surface area contributed by atoms with E-state index in [1.54, 1.807) is 7.05 Å². The molecule has 20 heteroatoms. The predicted molar refractivity (Wildman–Crippen MR) is 291 cm³/mol. The number of hydrogen-bond donors (Lipinski definition) is 4. The minimum Gasteiger partial charge on any atom is -0.488 e. The van der Waals surface area contributed by atoms with Gasteiger partial charge in [-0.25, -0.2) is 22.4 Å². The van der Waals surface area contributed by atoms with Gasteiger partial charge in [-0.2, -0.15) is 5.10 Å². The summed E-state index contributed by atoms with van der Waals surface area (Å²) in [4.78, 5) is 57.3. The average Bonchev–Trinajstić information content (AvgIpc) is 3.81. The summed E-state index contributed by atoms with van der Waals surface area (Å²) in [5.74, 6) is -4.98. The number of halogens is 5. The third-order valence-electron chi connectivity index (χ3n) is 18.3. The van der Waals surface area contributed by atoms with Gasteiger partial charge in [0.15, 0.2) is 28.8 Å². The van der Waals surface area contributed by atoms with Gasteiger partial charge in [-0.15, -0.1) is 0 Å². The van der Waals surface area contributed by atoms with E-state index in [0.717, 1.165) is 31.2 Å². The van der Waals surface area contributed by atoms with Crippen LogP contribution in [0.4, 0.5) is 28.2 Å². The minimum atomic E-state index is -1.14. The molecular formula is C59H69ClF4N8O7. The van der Waals surface area contributed by atoms with Crippen molar-refractivity contribution in [1.29, 1.82) is 0 Å². The third-order valence-corrected chi connectivity index (χ3v) is 18.7. The first kappa shape index (κ1) is 56.0. The second kappa shape index (κ2) is 22.3. The molecular weight excluding hydrogens is 1040 g/mol. The summed E-state index contributed by atoms with van der Waals surface area (Å²) in [5, 5.41) is 19.5. The fourth-order valence-corrected chi connectivity index (χ4v) is 14.0. The van der Waals surface area contributed by atoms with Crippen molar-refractivity contribution in [2.45, 2.75) is 114 Å². The molecule has 1 aliphatic carbocycles. The van der Waals surface area contributed by atoms with E-state index in [4.69, 9.17) is 26.8 Å². The van der Waals surface area contributed by atoms with E-state index in [9.17, 15) is 24.3 Å². The average molecular weight is 1110 g/mol. The van der Waals surface area contributed by atoms with E-state index in [1.165, 1.54) is 33.8 Å². The first-order valence-corrected chi connectivity index (χ1v) is 28.0. The van der Waals surface area contributed by atoms with Crippen LogP contribution in [-0.2, 0) is 22.2 Å². The van der Waals surface area contributed by atoms with E-state index < -0.39 is 64.3 Å². The number of rotatable bonds is 15. The van der Waals surface area contributed by atoms with Crippen molar-refractivity contribution in [3.8, 4) is 22.6 Å². The number of fused-ring (bicyclic) bond motifs is 2. The summed E-state index contributed by atoms with van der Waals surface area (Å²) in [5.41, 5.74) is 5.10. The number of nitrogens with one attached hydrogen (secondary N) is 2. The smallest absolute Gasteiger partial charge is 0.329 e. The van der Waals surface area contributed by atoms with Crippen LogP contribution in [0.15, 0.2) is 54.6 Å². The monoisotopic (exact) mass is 1110 g/mol. The van der Waals surface area contributed by atoms with Crippen molar-refractivity contribution >= 4 is 52.1 Å². The number of nitrogens with two attached hydrogens (primary N) is 1. The van der Waals surface area contributed by atoms with E-state index in [1.807, 2.05) is 42.2 Å². The molecule has 79 heavy (non-hydrogen) atoms. The molecule has 4 fully saturated rings. The van der Waals surface area contributed by atoms with Crippen molar-refractivity contribution in [2.24, 2.45) is 30.5 Å². The maximum atomic E-state index is 16.5. The number of likely N-dealkylation sites (tertiary alicyclic amines) is 2. The number of amides is 5. The number of carbonyl (C=O) groups excluding carboxylic acids is 4. The van der Waals surface area contributed by atoms with E-state index in [-0.39, 0.29) is 112 Å². The second-order valence-corrected chi connectivity index (χ2v) is 23.0. The Morgan fingerprint density at radius 3 is 2.27 bits per heavy atom. The van der Waals surface area contributed by atoms with Crippen LogP contribution in [-0.4, -0.2) is 113 Å². The first-order valence-electron chi connectivity index (χ1n) is 27.6. The van der Waals surface area contributed by atoms with Gasteiger partial charge >= 0.3 is 6.03 Å².